The van der Waals surface area contributed by atoms with Crippen LogP contribution in [0.25, 0.3) is 0 Å². The van der Waals surface area contributed by atoms with Crippen LogP contribution >= 0.6 is 0 Å². The lowest BCUT2D eigenvalue weighted by Crippen LogP contribution is -2.37. The van der Waals surface area contributed by atoms with Gasteiger partial charge in [0, 0.05) is 13.1 Å². The zero-order valence-corrected chi connectivity index (χ0v) is 11.6. The molecule has 1 atom stereocenters. The third-order valence-corrected chi connectivity index (χ3v) is 3.67. The number of carbonyl (C=O) groups excluding carboxylic acids is 1. The van der Waals surface area contributed by atoms with Gasteiger partial charge < -0.3 is 15.7 Å². The number of hydrogen-bond acceptors (Lipinski definition) is 2. The first kappa shape index (κ1) is 14.4. The van der Waals surface area contributed by atoms with E-state index in [0.29, 0.717) is 19.0 Å². The van der Waals surface area contributed by atoms with Crippen molar-refractivity contribution in [1.29, 1.82) is 0 Å². The van der Waals surface area contributed by atoms with Crippen LogP contribution in [0, 0.1) is 11.8 Å². The van der Waals surface area contributed by atoms with Gasteiger partial charge in [-0.3, -0.25) is 0 Å². The molecule has 0 bridgehead atoms. The fraction of sp³-hybridized carbons (Fsp3) is 0.467. The lowest BCUT2D eigenvalue weighted by Gasteiger charge is -2.12. The highest BCUT2D eigenvalue weighted by atomic mass is 16.4. The summed E-state index contributed by atoms with van der Waals surface area (Å²) < 4.78 is 0. The van der Waals surface area contributed by atoms with Crippen molar-refractivity contribution in [3.05, 3.63) is 35.4 Å². The van der Waals surface area contributed by atoms with Crippen molar-refractivity contribution in [1.82, 2.24) is 10.6 Å². The summed E-state index contributed by atoms with van der Waals surface area (Å²) in [5.41, 5.74) is 1.12. The molecule has 1 fully saturated rings. The maximum absolute atomic E-state index is 11.6. The number of carbonyl (C=O) groups is 2. The molecule has 5 heteroatoms. The zero-order chi connectivity index (χ0) is 14.5. The molecule has 3 N–H and O–H groups in total. The summed E-state index contributed by atoms with van der Waals surface area (Å²) in [4.78, 5) is 22.3. The first-order valence-electron chi connectivity index (χ1n) is 6.90. The number of benzene rings is 1. The Labute approximate surface area is 118 Å². The average molecular weight is 276 g/mol. The number of amides is 2. The number of nitrogens with one attached hydrogen (secondary N) is 2. The van der Waals surface area contributed by atoms with Crippen LogP contribution in [0.3, 0.4) is 0 Å². The third-order valence-electron chi connectivity index (χ3n) is 3.67. The topological polar surface area (TPSA) is 78.4 Å². The summed E-state index contributed by atoms with van der Waals surface area (Å²) in [6.45, 7) is 3.25. The fourth-order valence-electron chi connectivity index (χ4n) is 2.10. The Bertz CT molecular complexity index is 480. The predicted octanol–water partition coefficient (Wildman–Crippen LogP) is 2.23. The van der Waals surface area contributed by atoms with Crippen molar-refractivity contribution in [2.24, 2.45) is 11.8 Å². The van der Waals surface area contributed by atoms with Crippen molar-refractivity contribution in [3.63, 3.8) is 0 Å². The molecular weight excluding hydrogens is 256 g/mol. The minimum atomic E-state index is -0.948. The van der Waals surface area contributed by atoms with Gasteiger partial charge in [0.05, 0.1) is 5.56 Å². The van der Waals surface area contributed by atoms with E-state index in [1.807, 2.05) is 0 Å². The second-order valence-electron chi connectivity index (χ2n) is 5.38. The summed E-state index contributed by atoms with van der Waals surface area (Å²) in [7, 11) is 0. The van der Waals surface area contributed by atoms with Crippen molar-refractivity contribution < 1.29 is 14.7 Å². The number of carboxylic acids is 1. The van der Waals surface area contributed by atoms with Gasteiger partial charge in [0.2, 0.25) is 0 Å². The van der Waals surface area contributed by atoms with Crippen molar-refractivity contribution in [3.8, 4) is 0 Å². The van der Waals surface area contributed by atoms with Gasteiger partial charge in [0.25, 0.3) is 0 Å². The number of urea groups is 1. The molecule has 0 aliphatic heterocycles. The number of hydrogen-bond donors (Lipinski definition) is 3. The fourth-order valence-corrected chi connectivity index (χ4v) is 2.10. The van der Waals surface area contributed by atoms with Crippen LogP contribution in [-0.4, -0.2) is 23.7 Å². The Hall–Kier alpha value is -2.04. The summed E-state index contributed by atoms with van der Waals surface area (Å²) in [5.74, 6) is 0.366. The highest BCUT2D eigenvalue weighted by molar-refractivity contribution is 5.87. The van der Waals surface area contributed by atoms with Crippen LogP contribution < -0.4 is 10.6 Å². The van der Waals surface area contributed by atoms with Crippen LogP contribution in [0.5, 0.6) is 0 Å². The van der Waals surface area contributed by atoms with E-state index in [2.05, 4.69) is 17.6 Å². The summed E-state index contributed by atoms with van der Waals surface area (Å²) in [6.07, 6.45) is 2.56. The van der Waals surface area contributed by atoms with E-state index in [0.717, 1.165) is 11.5 Å². The molecule has 20 heavy (non-hydrogen) atoms. The second kappa shape index (κ2) is 6.41. The highest BCUT2D eigenvalue weighted by Gasteiger charge is 2.27. The molecule has 0 spiro atoms. The van der Waals surface area contributed by atoms with E-state index in [4.69, 9.17) is 5.11 Å². The standard InChI is InChI=1S/C15H20N2O3/c1-10(12-6-7-12)8-16-15(20)17-9-11-2-4-13(5-3-11)14(18)19/h2-5,10,12H,6-9H2,1H3,(H,18,19)(H2,16,17,20). The molecule has 1 aromatic carbocycles. The van der Waals surface area contributed by atoms with E-state index in [-0.39, 0.29) is 11.6 Å². The molecule has 1 unspecified atom stereocenters. The van der Waals surface area contributed by atoms with Crippen LogP contribution in [-0.2, 0) is 6.54 Å². The van der Waals surface area contributed by atoms with Gasteiger partial charge in [-0.2, -0.15) is 0 Å². The third kappa shape index (κ3) is 4.26. The van der Waals surface area contributed by atoms with Gasteiger partial charge >= 0.3 is 12.0 Å². The van der Waals surface area contributed by atoms with Gasteiger partial charge in [0.15, 0.2) is 0 Å². The van der Waals surface area contributed by atoms with Gasteiger partial charge in [-0.1, -0.05) is 19.1 Å². The minimum absolute atomic E-state index is 0.181. The molecule has 1 aliphatic carbocycles. The normalized spacial score (nSPS) is 15.4. The first-order valence-corrected chi connectivity index (χ1v) is 6.90. The minimum Gasteiger partial charge on any atom is -0.478 e. The molecular formula is C15H20N2O3. The second-order valence-corrected chi connectivity index (χ2v) is 5.38. The van der Waals surface area contributed by atoms with E-state index < -0.39 is 5.97 Å². The lowest BCUT2D eigenvalue weighted by atomic mass is 10.1. The Balaban J connectivity index is 1.70. The van der Waals surface area contributed by atoms with Crippen LogP contribution in [0.2, 0.25) is 0 Å². The van der Waals surface area contributed by atoms with Gasteiger partial charge in [-0.05, 0) is 42.4 Å². The van der Waals surface area contributed by atoms with E-state index >= 15 is 0 Å². The molecule has 0 saturated heterocycles. The smallest absolute Gasteiger partial charge is 0.335 e. The molecule has 1 aliphatic rings. The molecule has 108 valence electrons. The predicted molar refractivity (Wildman–Crippen MR) is 75.5 cm³/mol. The van der Waals surface area contributed by atoms with Crippen molar-refractivity contribution >= 4 is 12.0 Å². The first-order chi connectivity index (χ1) is 9.56. The number of aromatic carboxylic acids is 1. The largest absolute Gasteiger partial charge is 0.478 e. The molecule has 1 saturated carbocycles. The molecule has 2 rings (SSSR count). The summed E-state index contributed by atoms with van der Waals surface area (Å²) >= 11 is 0. The molecule has 0 aromatic heterocycles. The number of rotatable bonds is 6. The maximum atomic E-state index is 11.6. The average Bonchev–Trinajstić information content (AvgIpc) is 3.27. The van der Waals surface area contributed by atoms with Gasteiger partial charge in [-0.15, -0.1) is 0 Å². The monoisotopic (exact) mass is 276 g/mol. The molecule has 0 radical (unpaired) electrons. The van der Waals surface area contributed by atoms with Crippen LogP contribution in [0.4, 0.5) is 4.79 Å². The summed E-state index contributed by atoms with van der Waals surface area (Å²) in [6, 6.07) is 6.30. The highest BCUT2D eigenvalue weighted by Crippen LogP contribution is 2.35. The van der Waals surface area contributed by atoms with Crippen molar-refractivity contribution in [2.75, 3.05) is 6.54 Å². The van der Waals surface area contributed by atoms with Gasteiger partial charge in [-0.25, -0.2) is 9.59 Å². The van der Waals surface area contributed by atoms with Crippen molar-refractivity contribution in [2.45, 2.75) is 26.3 Å². The Morgan fingerprint density at radius 3 is 2.45 bits per heavy atom. The Morgan fingerprint density at radius 1 is 1.25 bits per heavy atom. The van der Waals surface area contributed by atoms with E-state index in [1.165, 1.54) is 25.0 Å². The molecule has 1 aromatic rings. The molecule has 0 heterocycles. The van der Waals surface area contributed by atoms with Crippen LogP contribution in [0.1, 0.15) is 35.7 Å². The molecule has 5 nitrogen and oxygen atoms in total. The zero-order valence-electron chi connectivity index (χ0n) is 11.6. The van der Waals surface area contributed by atoms with E-state index in [1.54, 1.807) is 12.1 Å². The van der Waals surface area contributed by atoms with E-state index in [9.17, 15) is 9.59 Å². The Kier molecular flexibility index (Phi) is 4.61. The number of carboxylic acid groups (broad SMARTS) is 1. The maximum Gasteiger partial charge on any atom is 0.335 e. The SMILES string of the molecule is CC(CNC(=O)NCc1ccc(C(=O)O)cc1)C1CC1. The molecule has 2 amide bonds. The lowest BCUT2D eigenvalue weighted by molar-refractivity contribution is 0.0697. The summed E-state index contributed by atoms with van der Waals surface area (Å²) in [5, 5.41) is 14.4. The Morgan fingerprint density at radius 2 is 1.90 bits per heavy atom. The quantitative estimate of drug-likeness (QED) is 0.745. The van der Waals surface area contributed by atoms with Gasteiger partial charge in [0.1, 0.15) is 0 Å². The van der Waals surface area contributed by atoms with Crippen LogP contribution in [0.15, 0.2) is 24.3 Å².